The van der Waals surface area contributed by atoms with Crippen molar-refractivity contribution < 1.29 is 39.2 Å². The summed E-state index contributed by atoms with van der Waals surface area (Å²) in [6, 6.07) is 0. The Morgan fingerprint density at radius 3 is 1.08 bits per heavy atom. The predicted octanol–water partition coefficient (Wildman–Crippen LogP) is 11.7. The van der Waals surface area contributed by atoms with Crippen molar-refractivity contribution in [2.24, 2.45) is 34.5 Å². The van der Waals surface area contributed by atoms with E-state index in [9.17, 15) is 24.9 Å². The second-order valence-electron chi connectivity index (χ2n) is 25.0. The first-order chi connectivity index (χ1) is 29.5. The van der Waals surface area contributed by atoms with Gasteiger partial charge < -0.3 is 36.0 Å². The number of nitrogens with one attached hydrogen (secondary N) is 3. The van der Waals surface area contributed by atoms with Crippen LogP contribution in [-0.4, -0.2) is 79.0 Å². The van der Waals surface area contributed by atoms with Crippen LogP contribution in [0.5, 0.6) is 0 Å². The molecule has 3 saturated heterocycles. The van der Waals surface area contributed by atoms with Gasteiger partial charge in [-0.15, -0.1) is 0 Å². The number of carbonyl (C=O) groups excluding carboxylic acids is 1. The largest absolute Gasteiger partial charge is 0.481 e. The Labute approximate surface area is 389 Å². The lowest BCUT2D eigenvalue weighted by Gasteiger charge is -2.66. The number of hydrogen-bond donors (Lipinski definition) is 6. The van der Waals surface area contributed by atoms with Gasteiger partial charge in [0.2, 0.25) is 0 Å². The van der Waals surface area contributed by atoms with Crippen LogP contribution < -0.4 is 16.0 Å². The lowest BCUT2D eigenvalue weighted by Crippen LogP contribution is -2.75. The molecule has 6 N–H and O–H groups in total. The topological polar surface area (TPSA) is 174 Å². The van der Waals surface area contributed by atoms with Crippen LogP contribution in [0.3, 0.4) is 0 Å². The number of hydrogen-bond acceptors (Lipinski definition) is 8. The minimum Gasteiger partial charge on any atom is -0.481 e. The van der Waals surface area contributed by atoms with Crippen molar-refractivity contribution >= 4 is 23.9 Å². The molecule has 0 amide bonds. The average Bonchev–Trinajstić information content (AvgIpc) is 3.10. The van der Waals surface area contributed by atoms with Crippen molar-refractivity contribution in [2.45, 2.75) is 271 Å². The van der Waals surface area contributed by atoms with Crippen LogP contribution in [0.15, 0.2) is 0 Å². The van der Waals surface area contributed by atoms with Crippen LogP contribution in [0, 0.1) is 34.5 Å². The molecule has 372 valence electrons. The molecule has 0 spiro atoms. The number of carboxylic acid groups (broad SMARTS) is 3. The molecule has 3 rings (SSSR count). The highest BCUT2D eigenvalue weighted by molar-refractivity contribution is 5.94. The number of carbonyl (C=O) groups is 4. The smallest absolute Gasteiger partial charge is 0.313 e. The molecule has 3 heterocycles. The van der Waals surface area contributed by atoms with E-state index in [1.54, 1.807) is 0 Å². The summed E-state index contributed by atoms with van der Waals surface area (Å²) in [5.41, 5.74) is -7.95. The zero-order chi connectivity index (χ0) is 48.4. The lowest BCUT2D eigenvalue weighted by atomic mass is 9.38. The van der Waals surface area contributed by atoms with Gasteiger partial charge >= 0.3 is 23.9 Å². The number of ether oxygens (including phenoxy) is 1. The highest BCUT2D eigenvalue weighted by Crippen LogP contribution is 2.68. The van der Waals surface area contributed by atoms with E-state index >= 15 is 9.59 Å². The van der Waals surface area contributed by atoms with Crippen molar-refractivity contribution in [2.75, 3.05) is 6.61 Å². The quantitative estimate of drug-likeness (QED) is 0.0342. The van der Waals surface area contributed by atoms with Crippen LogP contribution in [0.2, 0.25) is 0 Å². The molecule has 3 aliphatic rings. The molecular weight excluding hydrogens is 807 g/mol. The number of unbranched alkanes of at least 4 members (excludes halogenated alkanes) is 15. The number of esters is 1. The van der Waals surface area contributed by atoms with E-state index in [-0.39, 0.29) is 19.4 Å². The molecule has 11 heteroatoms. The van der Waals surface area contributed by atoms with Crippen LogP contribution in [0.25, 0.3) is 0 Å². The third-order valence-corrected chi connectivity index (χ3v) is 15.3. The van der Waals surface area contributed by atoms with Gasteiger partial charge in [0.1, 0.15) is 5.41 Å². The van der Waals surface area contributed by atoms with E-state index < -0.39 is 98.0 Å². The van der Waals surface area contributed by atoms with Crippen molar-refractivity contribution in [3.8, 4) is 0 Å². The summed E-state index contributed by atoms with van der Waals surface area (Å²) in [4.78, 5) is 58.7. The van der Waals surface area contributed by atoms with Gasteiger partial charge in [0.15, 0.2) is 0 Å². The lowest BCUT2D eigenvalue weighted by molar-refractivity contribution is -0.231. The summed E-state index contributed by atoms with van der Waals surface area (Å²) < 4.78 is 6.59. The second-order valence-corrected chi connectivity index (χ2v) is 25.0. The summed E-state index contributed by atoms with van der Waals surface area (Å²) in [7, 11) is 0. The molecule has 64 heavy (non-hydrogen) atoms. The standard InChI is InChI=1S/C53H97N3O8/c1-14-15-16-17-18-19-20-21-22-23-24-25-26-27-28-29-30-64-45(63)52(38-32-46(2,3)54-47(4,5)33-38,39-34-48(6,7)55-49(8,9)35-39)53(44(61)62,41(43(59)60)31-42(57)58)40-36-50(10,11)56-51(12,13)37-40/h38-41,54-56H,14-37H2,1-13H3,(H,57,58)(H,59,60)(H,61,62). The van der Waals surface area contributed by atoms with Gasteiger partial charge in [0.05, 0.1) is 24.4 Å². The predicted molar refractivity (Wildman–Crippen MR) is 258 cm³/mol. The molecule has 0 aromatic rings. The molecule has 0 aromatic heterocycles. The zero-order valence-corrected chi connectivity index (χ0v) is 43.2. The Morgan fingerprint density at radius 2 is 0.797 bits per heavy atom. The van der Waals surface area contributed by atoms with Crippen LogP contribution in [0.4, 0.5) is 0 Å². The van der Waals surface area contributed by atoms with Gasteiger partial charge in [-0.1, -0.05) is 103 Å². The fourth-order valence-electron chi connectivity index (χ4n) is 14.4. The van der Waals surface area contributed by atoms with E-state index in [4.69, 9.17) is 4.74 Å². The maximum absolute atomic E-state index is 16.3. The summed E-state index contributed by atoms with van der Waals surface area (Å²) in [6.45, 7) is 26.8. The summed E-state index contributed by atoms with van der Waals surface area (Å²) in [5, 5.41) is 45.7. The first kappa shape index (κ1) is 56.1. The third kappa shape index (κ3) is 14.9. The van der Waals surface area contributed by atoms with Gasteiger partial charge in [-0.3, -0.25) is 19.2 Å². The molecule has 2 atom stereocenters. The van der Waals surface area contributed by atoms with E-state index in [1.807, 2.05) is 27.7 Å². The SMILES string of the molecule is CCCCCCCCCCCCCCCCCCOC(=O)C(C1CC(C)(C)NC(C)(C)C1)(C1CC(C)(C)NC(C)(C)C1)C(C(=O)O)(C1CC(C)(C)NC(C)(C)C1)C(CC(=O)O)C(=O)O. The molecule has 0 bridgehead atoms. The first-order valence-corrected chi connectivity index (χ1v) is 25.7. The molecular formula is C53H97N3O8. The monoisotopic (exact) mass is 904 g/mol. The van der Waals surface area contributed by atoms with E-state index in [2.05, 4.69) is 78.3 Å². The van der Waals surface area contributed by atoms with E-state index in [0.717, 1.165) is 19.3 Å². The molecule has 0 aromatic carbocycles. The van der Waals surface area contributed by atoms with Gasteiger partial charge in [-0.2, -0.15) is 0 Å². The summed E-state index contributed by atoms with van der Waals surface area (Å²) in [6.07, 6.45) is 20.3. The molecule has 0 saturated carbocycles. The van der Waals surface area contributed by atoms with Crippen molar-refractivity contribution in [3.05, 3.63) is 0 Å². The second kappa shape index (κ2) is 22.7. The molecule has 11 nitrogen and oxygen atoms in total. The molecule has 3 aliphatic heterocycles. The molecule has 0 aliphatic carbocycles. The fourth-order valence-corrected chi connectivity index (χ4v) is 14.4. The Bertz CT molecular complexity index is 1450. The van der Waals surface area contributed by atoms with Crippen molar-refractivity contribution in [1.29, 1.82) is 0 Å². The van der Waals surface area contributed by atoms with Crippen molar-refractivity contribution in [3.63, 3.8) is 0 Å². The number of carboxylic acids is 3. The van der Waals surface area contributed by atoms with Crippen LogP contribution in [0.1, 0.15) is 238 Å². The van der Waals surface area contributed by atoms with Gasteiger partial charge in [-0.05, 0) is 146 Å². The van der Waals surface area contributed by atoms with Crippen LogP contribution in [-0.2, 0) is 23.9 Å². The number of piperidine rings is 3. The molecule has 0 radical (unpaired) electrons. The van der Waals surface area contributed by atoms with Gasteiger partial charge in [0, 0.05) is 33.2 Å². The zero-order valence-electron chi connectivity index (χ0n) is 43.2. The summed E-state index contributed by atoms with van der Waals surface area (Å²) in [5.74, 6) is -9.16. The Hall–Kier alpha value is -2.24. The highest BCUT2D eigenvalue weighted by Gasteiger charge is 2.77. The summed E-state index contributed by atoms with van der Waals surface area (Å²) >= 11 is 0. The van der Waals surface area contributed by atoms with Gasteiger partial charge in [0.25, 0.3) is 0 Å². The fraction of sp³-hybridized carbons (Fsp3) is 0.925. The van der Waals surface area contributed by atoms with Crippen molar-refractivity contribution in [1.82, 2.24) is 16.0 Å². The first-order valence-electron chi connectivity index (χ1n) is 25.7. The molecule has 3 fully saturated rings. The van der Waals surface area contributed by atoms with Crippen LogP contribution >= 0.6 is 0 Å². The van der Waals surface area contributed by atoms with Gasteiger partial charge in [-0.25, -0.2) is 0 Å². The Kier molecular flexibility index (Phi) is 19.9. The Balaban J connectivity index is 2.12. The Morgan fingerprint density at radius 1 is 0.500 bits per heavy atom. The van der Waals surface area contributed by atoms with E-state index in [0.29, 0.717) is 32.1 Å². The highest BCUT2D eigenvalue weighted by atomic mass is 16.5. The number of rotatable bonds is 27. The third-order valence-electron chi connectivity index (χ3n) is 15.3. The minimum absolute atomic E-state index is 0.0874. The maximum atomic E-state index is 16.3. The number of aliphatic carboxylic acids is 3. The average molecular weight is 904 g/mol. The van der Waals surface area contributed by atoms with E-state index in [1.165, 1.54) is 77.0 Å². The maximum Gasteiger partial charge on any atom is 0.313 e. The normalized spacial score (nSPS) is 23.5. The minimum atomic E-state index is -2.37. The molecule has 2 unspecified atom stereocenters.